The molecule has 0 bridgehead atoms. The van der Waals surface area contributed by atoms with E-state index in [1.165, 1.54) is 5.69 Å². The van der Waals surface area contributed by atoms with Crippen LogP contribution in [0.3, 0.4) is 0 Å². The van der Waals surface area contributed by atoms with Gasteiger partial charge in [0.15, 0.2) is 11.5 Å². The molecule has 0 unspecified atom stereocenters. The van der Waals surface area contributed by atoms with Gasteiger partial charge >= 0.3 is 0 Å². The molecule has 1 saturated heterocycles. The van der Waals surface area contributed by atoms with Gasteiger partial charge in [0, 0.05) is 38.4 Å². The molecule has 2 aliphatic heterocycles. The summed E-state index contributed by atoms with van der Waals surface area (Å²) in [6.45, 7) is 5.63. The van der Waals surface area contributed by atoms with E-state index in [9.17, 15) is 0 Å². The van der Waals surface area contributed by atoms with Crippen LogP contribution in [0.25, 0.3) is 0 Å². The van der Waals surface area contributed by atoms with Crippen LogP contribution in [0.1, 0.15) is 30.7 Å². The lowest BCUT2D eigenvalue weighted by Gasteiger charge is -2.20. The second-order valence-corrected chi connectivity index (χ2v) is 6.57. The first-order valence-corrected chi connectivity index (χ1v) is 9.10. The third-order valence-corrected chi connectivity index (χ3v) is 5.01. The normalized spacial score (nSPS) is 21.3. The molecular formula is C19H25N3O4. The van der Waals surface area contributed by atoms with Gasteiger partial charge in [0.1, 0.15) is 6.10 Å². The summed E-state index contributed by atoms with van der Waals surface area (Å²) in [5.41, 5.74) is 2.28. The van der Waals surface area contributed by atoms with Gasteiger partial charge in [-0.2, -0.15) is 5.10 Å². The molecule has 1 fully saturated rings. The number of hydrogen-bond acceptors (Lipinski definition) is 6. The van der Waals surface area contributed by atoms with Crippen molar-refractivity contribution in [1.29, 1.82) is 0 Å². The Morgan fingerprint density at radius 3 is 3.12 bits per heavy atom. The van der Waals surface area contributed by atoms with Crippen molar-refractivity contribution in [2.45, 2.75) is 32.5 Å². The molecule has 2 aromatic rings. The van der Waals surface area contributed by atoms with Gasteiger partial charge in [-0.1, -0.05) is 0 Å². The van der Waals surface area contributed by atoms with Gasteiger partial charge in [0.2, 0.25) is 12.5 Å². The van der Waals surface area contributed by atoms with E-state index in [1.54, 1.807) is 7.11 Å². The van der Waals surface area contributed by atoms with Crippen LogP contribution in [0, 0.1) is 5.92 Å². The molecule has 0 spiro atoms. The molecular weight excluding hydrogens is 334 g/mol. The Morgan fingerprint density at radius 1 is 1.35 bits per heavy atom. The predicted octanol–water partition coefficient (Wildman–Crippen LogP) is 2.51. The molecule has 26 heavy (non-hydrogen) atoms. The van der Waals surface area contributed by atoms with Gasteiger partial charge in [0.05, 0.1) is 12.8 Å². The van der Waals surface area contributed by atoms with E-state index in [0.29, 0.717) is 17.4 Å². The number of ether oxygens (including phenoxy) is 4. The second-order valence-electron chi connectivity index (χ2n) is 6.57. The SMILES string of the molecule is CCn1nccc1[C@@H]1OCC[C@H]1CNCc1cc(OC)c2c(c1)OCO2. The maximum absolute atomic E-state index is 5.99. The van der Waals surface area contributed by atoms with E-state index in [0.717, 1.165) is 44.0 Å². The number of fused-ring (bicyclic) bond motifs is 1. The van der Waals surface area contributed by atoms with Gasteiger partial charge in [0.25, 0.3) is 0 Å². The molecule has 140 valence electrons. The summed E-state index contributed by atoms with van der Waals surface area (Å²) in [5, 5.41) is 7.92. The standard InChI is InChI=1S/C19H25N3O4/c1-3-22-15(4-6-21-22)18-14(5-7-24-18)11-20-10-13-8-16(23-2)19-17(9-13)25-12-26-19/h4,6,8-9,14,18,20H,3,5,7,10-12H2,1-2H3/t14-,18+/m0/s1. The highest BCUT2D eigenvalue weighted by molar-refractivity contribution is 5.55. The quantitative estimate of drug-likeness (QED) is 0.819. The molecule has 0 aliphatic carbocycles. The van der Waals surface area contributed by atoms with Crippen LogP contribution >= 0.6 is 0 Å². The van der Waals surface area contributed by atoms with E-state index in [1.807, 2.05) is 23.0 Å². The third-order valence-electron chi connectivity index (χ3n) is 5.01. The van der Waals surface area contributed by atoms with Crippen molar-refractivity contribution in [2.24, 2.45) is 5.92 Å². The molecule has 1 N–H and O–H groups in total. The van der Waals surface area contributed by atoms with Gasteiger partial charge in [-0.05, 0) is 37.1 Å². The van der Waals surface area contributed by atoms with Crippen molar-refractivity contribution >= 4 is 0 Å². The van der Waals surface area contributed by atoms with Gasteiger partial charge in [-0.15, -0.1) is 0 Å². The largest absolute Gasteiger partial charge is 0.493 e. The van der Waals surface area contributed by atoms with Crippen LogP contribution in [0.15, 0.2) is 24.4 Å². The summed E-state index contributed by atoms with van der Waals surface area (Å²) in [7, 11) is 1.64. The van der Waals surface area contributed by atoms with E-state index in [-0.39, 0.29) is 12.9 Å². The van der Waals surface area contributed by atoms with Crippen LogP contribution in [-0.4, -0.2) is 36.8 Å². The average molecular weight is 359 g/mol. The zero-order valence-corrected chi connectivity index (χ0v) is 15.2. The Kier molecular flexibility index (Phi) is 4.99. The smallest absolute Gasteiger partial charge is 0.231 e. The van der Waals surface area contributed by atoms with Crippen molar-refractivity contribution in [3.05, 3.63) is 35.7 Å². The number of aromatic nitrogens is 2. The maximum atomic E-state index is 5.99. The number of rotatable bonds is 7. The van der Waals surface area contributed by atoms with Crippen molar-refractivity contribution in [1.82, 2.24) is 15.1 Å². The lowest BCUT2D eigenvalue weighted by Crippen LogP contribution is -2.25. The van der Waals surface area contributed by atoms with Gasteiger partial charge in [-0.3, -0.25) is 4.68 Å². The predicted molar refractivity (Wildman–Crippen MR) is 95.5 cm³/mol. The topological polar surface area (TPSA) is 66.8 Å². The molecule has 2 aliphatic rings. The zero-order valence-electron chi connectivity index (χ0n) is 15.2. The minimum Gasteiger partial charge on any atom is -0.493 e. The zero-order chi connectivity index (χ0) is 17.9. The molecule has 1 aromatic carbocycles. The average Bonchev–Trinajstić information content (AvgIpc) is 3.40. The molecule has 0 amide bonds. The van der Waals surface area contributed by atoms with Crippen LogP contribution in [0.5, 0.6) is 17.2 Å². The lowest BCUT2D eigenvalue weighted by atomic mass is 9.98. The number of nitrogens with one attached hydrogen (secondary N) is 1. The lowest BCUT2D eigenvalue weighted by molar-refractivity contribution is 0.0830. The number of aryl methyl sites for hydroxylation is 1. The number of hydrogen-bond donors (Lipinski definition) is 1. The number of nitrogens with zero attached hydrogens (tertiary/aromatic N) is 2. The summed E-state index contributed by atoms with van der Waals surface area (Å²) in [6.07, 6.45) is 3.01. The van der Waals surface area contributed by atoms with Crippen molar-refractivity contribution in [3.8, 4) is 17.2 Å². The summed E-state index contributed by atoms with van der Waals surface area (Å²) in [4.78, 5) is 0. The van der Waals surface area contributed by atoms with Crippen LogP contribution in [-0.2, 0) is 17.8 Å². The fourth-order valence-electron chi connectivity index (χ4n) is 3.71. The Hall–Kier alpha value is -2.25. The minimum atomic E-state index is 0.108. The highest BCUT2D eigenvalue weighted by Gasteiger charge is 2.31. The number of methoxy groups -OCH3 is 1. The summed E-state index contributed by atoms with van der Waals surface area (Å²) >= 11 is 0. The molecule has 0 radical (unpaired) electrons. The van der Waals surface area contributed by atoms with Crippen LogP contribution in [0.2, 0.25) is 0 Å². The maximum Gasteiger partial charge on any atom is 0.231 e. The third kappa shape index (κ3) is 3.24. The molecule has 7 heteroatoms. The minimum absolute atomic E-state index is 0.108. The Balaban J connectivity index is 1.39. The summed E-state index contributed by atoms with van der Waals surface area (Å²) in [5.74, 6) is 2.59. The van der Waals surface area contributed by atoms with E-state index >= 15 is 0 Å². The molecule has 1 aromatic heterocycles. The van der Waals surface area contributed by atoms with E-state index in [2.05, 4.69) is 23.4 Å². The fraction of sp³-hybridized carbons (Fsp3) is 0.526. The van der Waals surface area contributed by atoms with E-state index in [4.69, 9.17) is 18.9 Å². The van der Waals surface area contributed by atoms with Gasteiger partial charge < -0.3 is 24.3 Å². The Morgan fingerprint density at radius 2 is 2.27 bits per heavy atom. The molecule has 7 nitrogen and oxygen atoms in total. The molecule has 0 saturated carbocycles. The monoisotopic (exact) mass is 359 g/mol. The van der Waals surface area contributed by atoms with Gasteiger partial charge in [-0.25, -0.2) is 0 Å². The van der Waals surface area contributed by atoms with Crippen molar-refractivity contribution in [3.63, 3.8) is 0 Å². The molecule has 4 rings (SSSR count). The highest BCUT2D eigenvalue weighted by Crippen LogP contribution is 2.41. The van der Waals surface area contributed by atoms with E-state index < -0.39 is 0 Å². The van der Waals surface area contributed by atoms with Crippen LogP contribution < -0.4 is 19.5 Å². The highest BCUT2D eigenvalue weighted by atomic mass is 16.7. The Labute approximate surface area is 153 Å². The summed E-state index contributed by atoms with van der Waals surface area (Å²) in [6, 6.07) is 6.07. The van der Waals surface area contributed by atoms with Crippen molar-refractivity contribution in [2.75, 3.05) is 27.1 Å². The Bertz CT molecular complexity index is 761. The second kappa shape index (κ2) is 7.55. The first-order valence-electron chi connectivity index (χ1n) is 9.10. The number of benzene rings is 1. The molecule has 3 heterocycles. The molecule has 2 atom stereocenters. The first-order chi connectivity index (χ1) is 12.8. The van der Waals surface area contributed by atoms with Crippen molar-refractivity contribution < 1.29 is 18.9 Å². The van der Waals surface area contributed by atoms with Crippen LogP contribution in [0.4, 0.5) is 0 Å². The first kappa shape index (κ1) is 17.2. The summed E-state index contributed by atoms with van der Waals surface area (Å²) < 4.78 is 24.4. The fourth-order valence-corrected chi connectivity index (χ4v) is 3.71.